The Morgan fingerprint density at radius 1 is 1.03 bits per heavy atom. The van der Waals surface area contributed by atoms with E-state index < -0.39 is 0 Å². The number of carbonyl (C=O) groups excluding carboxylic acids is 1. The monoisotopic (exact) mass is 448 g/mol. The molecule has 2 aromatic heterocycles. The number of nitrogens with zero attached hydrogens (tertiary/aromatic N) is 5. The summed E-state index contributed by atoms with van der Waals surface area (Å²) in [7, 11) is 5.91. The summed E-state index contributed by atoms with van der Waals surface area (Å²) in [5.74, 6) is -0.0414. The largest absolute Gasteiger partial charge is 0.378 e. The first-order valence-electron chi connectivity index (χ1n) is 10.5. The van der Waals surface area contributed by atoms with Gasteiger partial charge in [-0.05, 0) is 43.7 Å². The van der Waals surface area contributed by atoms with E-state index in [9.17, 15) is 4.79 Å². The van der Waals surface area contributed by atoms with E-state index >= 15 is 0 Å². The molecule has 0 fully saturated rings. The van der Waals surface area contributed by atoms with Gasteiger partial charge in [-0.15, -0.1) is 0 Å². The summed E-state index contributed by atoms with van der Waals surface area (Å²) in [6, 6.07) is 16.4. The predicted octanol–water partition coefficient (Wildman–Crippen LogP) is 3.92. The summed E-state index contributed by atoms with van der Waals surface area (Å²) in [5.41, 5.74) is 6.14. The minimum Gasteiger partial charge on any atom is -0.378 e. The maximum atomic E-state index is 12.5. The van der Waals surface area contributed by atoms with Gasteiger partial charge in [0.2, 0.25) is 5.91 Å². The Morgan fingerprint density at radius 2 is 1.72 bits per heavy atom. The second kappa shape index (κ2) is 9.00. The van der Waals surface area contributed by atoms with E-state index in [2.05, 4.69) is 46.5 Å². The van der Waals surface area contributed by atoms with Crippen LogP contribution in [0, 0.1) is 13.8 Å². The second-order valence-corrected chi connectivity index (χ2v) is 9.15. The molecule has 1 amide bonds. The lowest BCUT2D eigenvalue weighted by atomic mass is 10.2. The molecule has 2 aromatic carbocycles. The van der Waals surface area contributed by atoms with E-state index in [-0.39, 0.29) is 12.5 Å². The quantitative estimate of drug-likeness (QED) is 0.464. The van der Waals surface area contributed by atoms with Gasteiger partial charge in [-0.2, -0.15) is 10.1 Å². The number of aromatic nitrogens is 3. The molecule has 0 unspecified atom stereocenters. The number of nitrogens with one attached hydrogen (secondary N) is 1. The highest BCUT2D eigenvalue weighted by Crippen LogP contribution is 2.32. The Kier molecular flexibility index (Phi) is 6.14. The zero-order valence-electron chi connectivity index (χ0n) is 19.1. The number of likely N-dealkylation sites (N-methyl/N-ethyl adjacent to an activating group) is 1. The molecule has 0 atom stereocenters. The first-order valence-corrected chi connectivity index (χ1v) is 11.3. The zero-order chi connectivity index (χ0) is 22.8. The molecule has 2 heterocycles. The predicted molar refractivity (Wildman–Crippen MR) is 132 cm³/mol. The lowest BCUT2D eigenvalue weighted by Crippen LogP contribution is -2.34. The van der Waals surface area contributed by atoms with Gasteiger partial charge in [0, 0.05) is 33.4 Å². The van der Waals surface area contributed by atoms with Crippen LogP contribution in [0.25, 0.3) is 16.0 Å². The van der Waals surface area contributed by atoms with Crippen LogP contribution in [0.1, 0.15) is 16.8 Å². The van der Waals surface area contributed by atoms with Gasteiger partial charge in [-0.3, -0.25) is 4.79 Å². The molecule has 0 radical (unpaired) electrons. The third-order valence-electron chi connectivity index (χ3n) is 5.31. The van der Waals surface area contributed by atoms with Gasteiger partial charge in [-0.1, -0.05) is 41.2 Å². The fourth-order valence-electron chi connectivity index (χ4n) is 3.40. The van der Waals surface area contributed by atoms with Crippen LogP contribution in [0.5, 0.6) is 0 Å². The molecule has 0 aliphatic carbocycles. The molecule has 32 heavy (non-hydrogen) atoms. The third kappa shape index (κ3) is 4.60. The van der Waals surface area contributed by atoms with Gasteiger partial charge in [0.1, 0.15) is 0 Å². The Labute approximate surface area is 192 Å². The first-order chi connectivity index (χ1) is 15.3. The number of fused-ring (bicyclic) bond motifs is 1. The SMILES string of the molecule is Cc1ccc(-n2nc(C)c3sc(N(C)CC(=O)NCc4ccc(N(C)C)cc4)nc32)cc1. The fourth-order valence-corrected chi connectivity index (χ4v) is 4.35. The molecule has 0 spiro atoms. The van der Waals surface area contributed by atoms with Crippen LogP contribution in [0.4, 0.5) is 10.8 Å². The summed E-state index contributed by atoms with van der Waals surface area (Å²) in [6.07, 6.45) is 0. The molecule has 0 saturated carbocycles. The molecule has 0 aliphatic heterocycles. The van der Waals surface area contributed by atoms with E-state index in [1.165, 1.54) is 5.56 Å². The van der Waals surface area contributed by atoms with Gasteiger partial charge in [-0.25, -0.2) is 4.68 Å². The summed E-state index contributed by atoms with van der Waals surface area (Å²) < 4.78 is 2.91. The topological polar surface area (TPSA) is 66.3 Å². The Hall–Kier alpha value is -3.39. The van der Waals surface area contributed by atoms with Gasteiger partial charge in [0.15, 0.2) is 10.8 Å². The lowest BCUT2D eigenvalue weighted by Gasteiger charge is -2.16. The number of hydrogen-bond acceptors (Lipinski definition) is 6. The maximum absolute atomic E-state index is 12.5. The summed E-state index contributed by atoms with van der Waals surface area (Å²) in [4.78, 5) is 21.2. The molecule has 7 nitrogen and oxygen atoms in total. The number of hydrogen-bond donors (Lipinski definition) is 1. The standard InChI is InChI=1S/C24H28N6OS/c1-16-6-10-20(11-7-16)30-23-22(17(2)27-30)32-24(26-23)29(5)15-21(31)25-14-18-8-12-19(13-9-18)28(3)4/h6-13H,14-15H2,1-5H3,(H,25,31). The number of carbonyl (C=O) groups is 1. The summed E-state index contributed by atoms with van der Waals surface area (Å²) >= 11 is 1.56. The molecule has 8 heteroatoms. The minimum absolute atomic E-state index is 0.0414. The van der Waals surface area contributed by atoms with Crippen LogP contribution >= 0.6 is 11.3 Å². The van der Waals surface area contributed by atoms with Crippen molar-refractivity contribution in [3.05, 3.63) is 65.4 Å². The van der Waals surface area contributed by atoms with Crippen molar-refractivity contribution in [2.24, 2.45) is 0 Å². The smallest absolute Gasteiger partial charge is 0.239 e. The van der Waals surface area contributed by atoms with E-state index in [0.717, 1.165) is 38.1 Å². The van der Waals surface area contributed by atoms with Gasteiger partial charge in [0.05, 0.1) is 22.6 Å². The molecule has 0 bridgehead atoms. The second-order valence-electron chi connectivity index (χ2n) is 8.18. The summed E-state index contributed by atoms with van der Waals surface area (Å²) in [6.45, 7) is 4.79. The van der Waals surface area contributed by atoms with Crippen molar-refractivity contribution in [3.63, 3.8) is 0 Å². The minimum atomic E-state index is -0.0414. The molecule has 4 rings (SSSR count). The van der Waals surface area contributed by atoms with E-state index in [1.54, 1.807) is 11.3 Å². The van der Waals surface area contributed by atoms with Crippen LogP contribution in [-0.2, 0) is 11.3 Å². The van der Waals surface area contributed by atoms with Crippen LogP contribution < -0.4 is 15.1 Å². The molecule has 166 valence electrons. The van der Waals surface area contributed by atoms with E-state index in [0.29, 0.717) is 6.54 Å². The van der Waals surface area contributed by atoms with Crippen molar-refractivity contribution >= 4 is 38.4 Å². The van der Waals surface area contributed by atoms with E-state index in [1.807, 2.05) is 61.9 Å². The van der Waals surface area contributed by atoms with Crippen LogP contribution in [0.3, 0.4) is 0 Å². The average molecular weight is 449 g/mol. The van der Waals surface area contributed by atoms with Gasteiger partial charge >= 0.3 is 0 Å². The Balaban J connectivity index is 1.43. The zero-order valence-corrected chi connectivity index (χ0v) is 19.9. The molecule has 1 N–H and O–H groups in total. The van der Waals surface area contributed by atoms with Crippen LogP contribution in [-0.4, -0.2) is 48.4 Å². The molecular formula is C24H28N6OS. The van der Waals surface area contributed by atoms with Gasteiger partial charge < -0.3 is 15.1 Å². The number of amides is 1. The molecule has 0 aliphatic rings. The fraction of sp³-hybridized carbons (Fsp3) is 0.292. The van der Waals surface area contributed by atoms with Crippen molar-refractivity contribution in [2.75, 3.05) is 37.5 Å². The van der Waals surface area contributed by atoms with Crippen molar-refractivity contribution in [2.45, 2.75) is 20.4 Å². The van der Waals surface area contributed by atoms with Crippen molar-refractivity contribution in [1.29, 1.82) is 0 Å². The number of rotatable bonds is 7. The number of thiazole rings is 1. The number of aryl methyl sites for hydroxylation is 2. The summed E-state index contributed by atoms with van der Waals surface area (Å²) in [5, 5.41) is 8.45. The first kappa shape index (κ1) is 21.8. The van der Waals surface area contributed by atoms with Crippen LogP contribution in [0.15, 0.2) is 48.5 Å². The van der Waals surface area contributed by atoms with Crippen molar-refractivity contribution in [1.82, 2.24) is 20.1 Å². The molecular weight excluding hydrogens is 420 g/mol. The number of benzene rings is 2. The van der Waals surface area contributed by atoms with Crippen molar-refractivity contribution < 1.29 is 4.79 Å². The maximum Gasteiger partial charge on any atom is 0.239 e. The normalized spacial score (nSPS) is 11.0. The highest BCUT2D eigenvalue weighted by Gasteiger charge is 2.18. The Bertz CT molecular complexity index is 1220. The highest BCUT2D eigenvalue weighted by atomic mass is 32.1. The third-order valence-corrected chi connectivity index (χ3v) is 6.57. The van der Waals surface area contributed by atoms with Gasteiger partial charge in [0.25, 0.3) is 0 Å². The van der Waals surface area contributed by atoms with Crippen LogP contribution in [0.2, 0.25) is 0 Å². The Morgan fingerprint density at radius 3 is 2.38 bits per heavy atom. The molecule has 0 saturated heterocycles. The molecule has 4 aromatic rings. The lowest BCUT2D eigenvalue weighted by molar-refractivity contribution is -0.119. The highest BCUT2D eigenvalue weighted by molar-refractivity contribution is 7.22. The van der Waals surface area contributed by atoms with E-state index in [4.69, 9.17) is 4.98 Å². The average Bonchev–Trinajstić information content (AvgIpc) is 3.34. The van der Waals surface area contributed by atoms with Crippen molar-refractivity contribution in [3.8, 4) is 5.69 Å². The number of anilines is 2.